The average molecular weight is 209 g/mol. The first kappa shape index (κ1) is 8.98. The first-order valence-corrected chi connectivity index (χ1v) is 3.96. The van der Waals surface area contributed by atoms with Crippen molar-refractivity contribution in [1.82, 2.24) is 0 Å². The standard InChI is InChI=1S/C7H5Cl3N/c1-11-7-5(9)2-4(8)3-6(7)10/h2-3,11H,1H2. The van der Waals surface area contributed by atoms with Crippen LogP contribution in [0.1, 0.15) is 0 Å². The topological polar surface area (TPSA) is 12.0 Å². The zero-order valence-corrected chi connectivity index (χ0v) is 7.76. The van der Waals surface area contributed by atoms with Crippen molar-refractivity contribution in [3.05, 3.63) is 34.2 Å². The summed E-state index contributed by atoms with van der Waals surface area (Å²) in [6.45, 7) is 0. The molecule has 1 nitrogen and oxygen atoms in total. The number of anilines is 1. The van der Waals surface area contributed by atoms with Crippen molar-refractivity contribution < 1.29 is 0 Å². The molecule has 0 aliphatic rings. The number of benzene rings is 1. The molecule has 0 spiro atoms. The first-order chi connectivity index (χ1) is 5.15. The third-order valence-corrected chi connectivity index (χ3v) is 2.00. The van der Waals surface area contributed by atoms with E-state index in [1.54, 1.807) is 12.1 Å². The van der Waals surface area contributed by atoms with Gasteiger partial charge in [0.05, 0.1) is 15.7 Å². The molecule has 0 heterocycles. The SMILES string of the molecule is [CH2]Nc1c(Cl)cc(Cl)cc1Cl. The number of nitrogens with one attached hydrogen (secondary N) is 1. The summed E-state index contributed by atoms with van der Waals surface area (Å²) >= 11 is 17.2. The van der Waals surface area contributed by atoms with Gasteiger partial charge in [-0.25, -0.2) is 0 Å². The summed E-state index contributed by atoms with van der Waals surface area (Å²) in [6.07, 6.45) is 0. The normalized spacial score (nSPS) is 9.82. The lowest BCUT2D eigenvalue weighted by Gasteiger charge is -2.05. The summed E-state index contributed by atoms with van der Waals surface area (Å²) in [5.74, 6) is 0. The fourth-order valence-electron chi connectivity index (χ4n) is 0.711. The highest BCUT2D eigenvalue weighted by Crippen LogP contribution is 2.33. The summed E-state index contributed by atoms with van der Waals surface area (Å²) in [6, 6.07) is 3.20. The summed E-state index contributed by atoms with van der Waals surface area (Å²) < 4.78 is 0. The van der Waals surface area contributed by atoms with E-state index in [4.69, 9.17) is 34.8 Å². The van der Waals surface area contributed by atoms with Crippen LogP contribution in [0.5, 0.6) is 0 Å². The number of rotatable bonds is 1. The quantitative estimate of drug-likeness (QED) is 0.741. The Bertz CT molecular complexity index is 249. The molecule has 59 valence electrons. The number of halogens is 3. The molecule has 1 aromatic carbocycles. The van der Waals surface area contributed by atoms with Crippen LogP contribution >= 0.6 is 34.8 Å². The van der Waals surface area contributed by atoms with E-state index in [0.29, 0.717) is 20.8 Å². The van der Waals surface area contributed by atoms with Crippen LogP contribution in [0.4, 0.5) is 5.69 Å². The fourth-order valence-corrected chi connectivity index (χ4v) is 1.66. The maximum absolute atomic E-state index is 5.76. The fraction of sp³-hybridized carbons (Fsp3) is 0. The minimum absolute atomic E-state index is 0.470. The van der Waals surface area contributed by atoms with Gasteiger partial charge in [-0.15, -0.1) is 0 Å². The Kier molecular flexibility index (Phi) is 2.88. The van der Waals surface area contributed by atoms with Crippen molar-refractivity contribution in [3.8, 4) is 0 Å². The Labute approximate surface area is 80.3 Å². The Balaban J connectivity index is 3.25. The van der Waals surface area contributed by atoms with Crippen LogP contribution in [0, 0.1) is 7.05 Å². The van der Waals surface area contributed by atoms with E-state index in [1.807, 2.05) is 0 Å². The molecule has 11 heavy (non-hydrogen) atoms. The van der Waals surface area contributed by atoms with Gasteiger partial charge in [-0.3, -0.25) is 0 Å². The average Bonchev–Trinajstić information content (AvgIpc) is 1.85. The second kappa shape index (κ2) is 3.53. The highest BCUT2D eigenvalue weighted by molar-refractivity contribution is 6.41. The van der Waals surface area contributed by atoms with E-state index in [2.05, 4.69) is 12.4 Å². The second-order valence-electron chi connectivity index (χ2n) is 1.92. The molecule has 0 aromatic heterocycles. The van der Waals surface area contributed by atoms with E-state index < -0.39 is 0 Å². The lowest BCUT2D eigenvalue weighted by molar-refractivity contribution is 1.59. The molecule has 0 saturated heterocycles. The number of hydrogen-bond acceptors (Lipinski definition) is 1. The van der Waals surface area contributed by atoms with E-state index in [0.717, 1.165) is 0 Å². The molecule has 1 radical (unpaired) electrons. The molecule has 0 saturated carbocycles. The van der Waals surface area contributed by atoms with Gasteiger partial charge in [0.1, 0.15) is 0 Å². The zero-order valence-electron chi connectivity index (χ0n) is 5.50. The lowest BCUT2D eigenvalue weighted by atomic mass is 10.3. The highest BCUT2D eigenvalue weighted by atomic mass is 35.5. The molecule has 0 aliphatic carbocycles. The molecule has 0 atom stereocenters. The van der Waals surface area contributed by atoms with E-state index in [9.17, 15) is 0 Å². The van der Waals surface area contributed by atoms with Gasteiger partial charge in [-0.05, 0) is 12.1 Å². The van der Waals surface area contributed by atoms with Crippen LogP contribution in [-0.2, 0) is 0 Å². The third-order valence-electron chi connectivity index (χ3n) is 1.18. The van der Waals surface area contributed by atoms with Crippen LogP contribution in [0.3, 0.4) is 0 Å². The minimum atomic E-state index is 0.470. The molecular weight excluding hydrogens is 204 g/mol. The molecule has 0 amide bonds. The van der Waals surface area contributed by atoms with Gasteiger partial charge in [-0.1, -0.05) is 34.8 Å². The Morgan fingerprint density at radius 2 is 1.55 bits per heavy atom. The van der Waals surface area contributed by atoms with Gasteiger partial charge < -0.3 is 5.32 Å². The van der Waals surface area contributed by atoms with Gasteiger partial charge in [0.15, 0.2) is 0 Å². The molecule has 1 rings (SSSR count). The largest absolute Gasteiger partial charge is 0.381 e. The lowest BCUT2D eigenvalue weighted by Crippen LogP contribution is -1.86. The summed E-state index contributed by atoms with van der Waals surface area (Å²) in [4.78, 5) is 0. The van der Waals surface area contributed by atoms with Gasteiger partial charge in [-0.2, -0.15) is 0 Å². The Morgan fingerprint density at radius 1 is 1.09 bits per heavy atom. The minimum Gasteiger partial charge on any atom is -0.381 e. The summed E-state index contributed by atoms with van der Waals surface area (Å²) in [5, 5.41) is 4.07. The highest BCUT2D eigenvalue weighted by Gasteiger charge is 2.04. The number of hydrogen-bond donors (Lipinski definition) is 1. The van der Waals surface area contributed by atoms with Crippen molar-refractivity contribution in [3.63, 3.8) is 0 Å². The van der Waals surface area contributed by atoms with Gasteiger partial charge in [0, 0.05) is 12.1 Å². The molecule has 0 fully saturated rings. The van der Waals surface area contributed by atoms with Gasteiger partial charge in [0.2, 0.25) is 0 Å². The van der Waals surface area contributed by atoms with Crippen molar-refractivity contribution in [2.75, 3.05) is 5.32 Å². The first-order valence-electron chi connectivity index (χ1n) is 2.83. The molecule has 0 aliphatic heterocycles. The monoisotopic (exact) mass is 208 g/mol. The maximum atomic E-state index is 5.76. The predicted molar refractivity (Wildman–Crippen MR) is 50.5 cm³/mol. The molecule has 0 bridgehead atoms. The van der Waals surface area contributed by atoms with Crippen LogP contribution in [-0.4, -0.2) is 0 Å². The third kappa shape index (κ3) is 1.92. The van der Waals surface area contributed by atoms with E-state index in [-0.39, 0.29) is 0 Å². The van der Waals surface area contributed by atoms with E-state index in [1.165, 1.54) is 0 Å². The van der Waals surface area contributed by atoms with Gasteiger partial charge in [0.25, 0.3) is 0 Å². The molecular formula is C7H5Cl3N. The Hall–Kier alpha value is -0.110. The van der Waals surface area contributed by atoms with Crippen molar-refractivity contribution >= 4 is 40.5 Å². The van der Waals surface area contributed by atoms with Crippen LogP contribution < -0.4 is 5.32 Å². The van der Waals surface area contributed by atoms with Crippen molar-refractivity contribution in [1.29, 1.82) is 0 Å². The van der Waals surface area contributed by atoms with Crippen LogP contribution in [0.25, 0.3) is 0 Å². The van der Waals surface area contributed by atoms with Crippen molar-refractivity contribution in [2.45, 2.75) is 0 Å². The van der Waals surface area contributed by atoms with Crippen molar-refractivity contribution in [2.24, 2.45) is 0 Å². The smallest absolute Gasteiger partial charge is 0.0720 e. The van der Waals surface area contributed by atoms with E-state index >= 15 is 0 Å². The molecule has 0 unspecified atom stereocenters. The molecule has 1 aromatic rings. The Morgan fingerprint density at radius 3 is 1.91 bits per heavy atom. The summed E-state index contributed by atoms with van der Waals surface area (Å²) in [5.41, 5.74) is 0.595. The second-order valence-corrected chi connectivity index (χ2v) is 3.17. The molecule has 4 heteroatoms. The van der Waals surface area contributed by atoms with Crippen LogP contribution in [0.2, 0.25) is 15.1 Å². The zero-order chi connectivity index (χ0) is 8.43. The van der Waals surface area contributed by atoms with Crippen LogP contribution in [0.15, 0.2) is 12.1 Å². The summed E-state index contributed by atoms with van der Waals surface area (Å²) in [7, 11) is 3.45. The maximum Gasteiger partial charge on any atom is 0.0720 e. The molecule has 1 N–H and O–H groups in total. The van der Waals surface area contributed by atoms with Gasteiger partial charge >= 0.3 is 0 Å². The predicted octanol–water partition coefficient (Wildman–Crippen LogP) is 3.85.